The average molecular weight is 312 g/mol. The molecule has 0 amide bonds. The third kappa shape index (κ3) is 6.04. The largest absolute Gasteiger partial charge is 0.495 e. The first-order chi connectivity index (χ1) is 9.67. The Morgan fingerprint density at radius 2 is 2.00 bits per heavy atom. The maximum atomic E-state index is 12.1. The summed E-state index contributed by atoms with van der Waals surface area (Å²) in [6.45, 7) is 4.96. The molecular formula is C14H20N2O4S. The summed E-state index contributed by atoms with van der Waals surface area (Å²) in [5.74, 6) is 5.59. The topological polar surface area (TPSA) is 87.7 Å². The molecule has 0 unspecified atom stereocenters. The van der Waals surface area contributed by atoms with Gasteiger partial charge in [0.05, 0.1) is 12.8 Å². The number of rotatable bonds is 4. The Balaban J connectivity index is 3.10. The molecule has 0 bridgehead atoms. The molecule has 1 rings (SSSR count). The minimum atomic E-state index is -3.74. The fourth-order valence-electron chi connectivity index (χ4n) is 1.58. The molecule has 0 fully saturated rings. The van der Waals surface area contributed by atoms with Gasteiger partial charge in [-0.3, -0.25) is 4.72 Å². The molecule has 21 heavy (non-hydrogen) atoms. The van der Waals surface area contributed by atoms with Crippen LogP contribution < -0.4 is 14.2 Å². The van der Waals surface area contributed by atoms with Crippen molar-refractivity contribution in [3.05, 3.63) is 23.8 Å². The molecule has 0 aliphatic heterocycles. The van der Waals surface area contributed by atoms with E-state index in [0.717, 1.165) is 0 Å². The van der Waals surface area contributed by atoms with E-state index in [4.69, 9.17) is 9.84 Å². The normalized spacial score (nSPS) is 11.5. The molecule has 0 aliphatic rings. The van der Waals surface area contributed by atoms with Gasteiger partial charge in [-0.15, -0.1) is 0 Å². The highest BCUT2D eigenvalue weighted by Gasteiger charge is 2.21. The number of aliphatic hydroxyl groups excluding tert-OH is 1. The summed E-state index contributed by atoms with van der Waals surface area (Å²) in [7, 11) is -2.29. The SMILES string of the molecule is COc1ccc(C#CCO)cc1NS(=O)(=O)NC(C)(C)C. The second-order valence-electron chi connectivity index (χ2n) is 5.33. The van der Waals surface area contributed by atoms with Crippen LogP contribution in [0.15, 0.2) is 18.2 Å². The minimum Gasteiger partial charge on any atom is -0.495 e. The Hall–Kier alpha value is -1.75. The van der Waals surface area contributed by atoms with Crippen LogP contribution >= 0.6 is 0 Å². The second-order valence-corrected chi connectivity index (χ2v) is 6.75. The molecule has 0 aromatic heterocycles. The maximum Gasteiger partial charge on any atom is 0.299 e. The van der Waals surface area contributed by atoms with Crippen LogP contribution in [0.5, 0.6) is 5.75 Å². The van der Waals surface area contributed by atoms with Gasteiger partial charge >= 0.3 is 0 Å². The van der Waals surface area contributed by atoms with Crippen LogP contribution in [0.4, 0.5) is 5.69 Å². The second kappa shape index (κ2) is 6.80. The monoisotopic (exact) mass is 312 g/mol. The third-order valence-corrected chi connectivity index (χ3v) is 3.57. The third-order valence-electron chi connectivity index (χ3n) is 2.20. The average Bonchev–Trinajstić information content (AvgIpc) is 2.33. The summed E-state index contributed by atoms with van der Waals surface area (Å²) in [5, 5.41) is 8.69. The van der Waals surface area contributed by atoms with E-state index in [1.165, 1.54) is 7.11 Å². The van der Waals surface area contributed by atoms with Crippen LogP contribution in [0.1, 0.15) is 26.3 Å². The molecule has 0 saturated heterocycles. The van der Waals surface area contributed by atoms with Crippen molar-refractivity contribution in [1.82, 2.24) is 4.72 Å². The lowest BCUT2D eigenvalue weighted by Crippen LogP contribution is -2.43. The molecule has 6 nitrogen and oxygen atoms in total. The fourth-order valence-corrected chi connectivity index (χ4v) is 2.89. The summed E-state index contributed by atoms with van der Waals surface area (Å²) in [6, 6.07) is 4.83. The zero-order valence-electron chi connectivity index (χ0n) is 12.5. The Bertz CT molecular complexity index is 652. The van der Waals surface area contributed by atoms with Crippen molar-refractivity contribution in [2.75, 3.05) is 18.4 Å². The number of aliphatic hydroxyl groups is 1. The van der Waals surface area contributed by atoms with Crippen LogP contribution in [0.25, 0.3) is 0 Å². The molecule has 0 radical (unpaired) electrons. The molecular weight excluding hydrogens is 292 g/mol. The summed E-state index contributed by atoms with van der Waals surface area (Å²) in [4.78, 5) is 0. The lowest BCUT2D eigenvalue weighted by Gasteiger charge is -2.21. The summed E-state index contributed by atoms with van der Waals surface area (Å²) < 4.78 is 34.1. The Morgan fingerprint density at radius 1 is 1.33 bits per heavy atom. The lowest BCUT2D eigenvalue weighted by molar-refractivity contribution is 0.350. The van der Waals surface area contributed by atoms with Gasteiger partial charge in [0.1, 0.15) is 12.4 Å². The summed E-state index contributed by atoms with van der Waals surface area (Å²) in [5.41, 5.74) is 0.241. The van der Waals surface area contributed by atoms with Gasteiger partial charge in [-0.05, 0) is 39.0 Å². The van der Waals surface area contributed by atoms with Gasteiger partial charge in [0, 0.05) is 11.1 Å². The first-order valence-corrected chi connectivity index (χ1v) is 7.74. The van der Waals surface area contributed by atoms with Gasteiger partial charge in [-0.2, -0.15) is 13.1 Å². The molecule has 3 N–H and O–H groups in total. The van der Waals surface area contributed by atoms with E-state index < -0.39 is 15.7 Å². The Kier molecular flexibility index (Phi) is 5.61. The van der Waals surface area contributed by atoms with E-state index in [9.17, 15) is 8.42 Å². The molecule has 0 spiro atoms. The van der Waals surface area contributed by atoms with Gasteiger partial charge in [0.15, 0.2) is 0 Å². The molecule has 7 heteroatoms. The van der Waals surface area contributed by atoms with Crippen molar-refractivity contribution in [3.63, 3.8) is 0 Å². The molecule has 1 aromatic rings. The Labute approximate surface area is 125 Å². The van der Waals surface area contributed by atoms with E-state index in [1.54, 1.807) is 39.0 Å². The quantitative estimate of drug-likeness (QED) is 0.726. The van der Waals surface area contributed by atoms with E-state index in [2.05, 4.69) is 21.3 Å². The van der Waals surface area contributed by atoms with E-state index >= 15 is 0 Å². The Morgan fingerprint density at radius 3 is 2.52 bits per heavy atom. The molecule has 0 heterocycles. The van der Waals surface area contributed by atoms with Crippen LogP contribution in [0.2, 0.25) is 0 Å². The smallest absolute Gasteiger partial charge is 0.299 e. The number of benzene rings is 1. The highest BCUT2D eigenvalue weighted by Crippen LogP contribution is 2.26. The van der Waals surface area contributed by atoms with Crippen molar-refractivity contribution in [1.29, 1.82) is 0 Å². The highest BCUT2D eigenvalue weighted by atomic mass is 32.2. The summed E-state index contributed by atoms with van der Waals surface area (Å²) >= 11 is 0. The molecule has 0 saturated carbocycles. The van der Waals surface area contributed by atoms with Crippen LogP contribution in [-0.2, 0) is 10.2 Å². The highest BCUT2D eigenvalue weighted by molar-refractivity contribution is 7.90. The van der Waals surface area contributed by atoms with E-state index in [-0.39, 0.29) is 12.3 Å². The zero-order valence-corrected chi connectivity index (χ0v) is 13.3. The molecule has 0 aliphatic carbocycles. The van der Waals surface area contributed by atoms with E-state index in [1.807, 2.05) is 0 Å². The molecule has 0 atom stereocenters. The van der Waals surface area contributed by atoms with Gasteiger partial charge in [-0.1, -0.05) is 11.8 Å². The predicted octanol–water partition coefficient (Wildman–Crippen LogP) is 1.08. The van der Waals surface area contributed by atoms with Crippen molar-refractivity contribution in [2.45, 2.75) is 26.3 Å². The standard InChI is InChI=1S/C14H20N2O4S/c1-14(2,3)16-21(18,19)15-12-10-11(6-5-9-17)7-8-13(12)20-4/h7-8,10,15-17H,9H2,1-4H3. The van der Waals surface area contributed by atoms with Crippen LogP contribution in [0.3, 0.4) is 0 Å². The van der Waals surface area contributed by atoms with E-state index in [0.29, 0.717) is 11.3 Å². The minimum absolute atomic E-state index is 0.265. The van der Waals surface area contributed by atoms with Crippen LogP contribution in [-0.4, -0.2) is 32.8 Å². The van der Waals surface area contributed by atoms with Crippen molar-refractivity contribution >= 4 is 15.9 Å². The van der Waals surface area contributed by atoms with Crippen molar-refractivity contribution in [3.8, 4) is 17.6 Å². The van der Waals surface area contributed by atoms with Crippen molar-refractivity contribution < 1.29 is 18.3 Å². The van der Waals surface area contributed by atoms with Gasteiger partial charge in [-0.25, -0.2) is 0 Å². The number of hydrogen-bond acceptors (Lipinski definition) is 4. The van der Waals surface area contributed by atoms with Gasteiger partial charge in [0.2, 0.25) is 0 Å². The zero-order chi connectivity index (χ0) is 16.1. The number of ether oxygens (including phenoxy) is 1. The first kappa shape index (κ1) is 17.3. The number of methoxy groups -OCH3 is 1. The first-order valence-electron chi connectivity index (χ1n) is 6.26. The molecule has 116 valence electrons. The number of anilines is 1. The maximum absolute atomic E-state index is 12.1. The number of nitrogens with one attached hydrogen (secondary N) is 2. The van der Waals surface area contributed by atoms with Gasteiger partial charge in [0.25, 0.3) is 10.2 Å². The van der Waals surface area contributed by atoms with Crippen LogP contribution in [0, 0.1) is 11.8 Å². The lowest BCUT2D eigenvalue weighted by atomic mass is 10.1. The van der Waals surface area contributed by atoms with Crippen molar-refractivity contribution in [2.24, 2.45) is 0 Å². The number of hydrogen-bond donors (Lipinski definition) is 3. The summed E-state index contributed by atoms with van der Waals surface area (Å²) in [6.07, 6.45) is 0. The fraction of sp³-hybridized carbons (Fsp3) is 0.429. The van der Waals surface area contributed by atoms with Gasteiger partial charge < -0.3 is 9.84 Å². The molecule has 1 aromatic carbocycles. The predicted molar refractivity (Wildman–Crippen MR) is 82.4 cm³/mol.